The Morgan fingerprint density at radius 2 is 2.13 bits per heavy atom. The van der Waals surface area contributed by atoms with E-state index >= 15 is 0 Å². The molecule has 0 aromatic carbocycles. The second-order valence-corrected chi connectivity index (χ2v) is 3.49. The van der Waals surface area contributed by atoms with E-state index in [1.165, 1.54) is 6.92 Å². The lowest BCUT2D eigenvalue weighted by Crippen LogP contribution is -2.29. The summed E-state index contributed by atoms with van der Waals surface area (Å²) in [5.41, 5.74) is 0. The van der Waals surface area contributed by atoms with Crippen molar-refractivity contribution in [3.63, 3.8) is 0 Å². The Kier molecular flexibility index (Phi) is 4.08. The van der Waals surface area contributed by atoms with Gasteiger partial charge in [0.2, 0.25) is 5.91 Å². The van der Waals surface area contributed by atoms with Crippen LogP contribution in [0.3, 0.4) is 0 Å². The van der Waals surface area contributed by atoms with Crippen molar-refractivity contribution in [2.24, 2.45) is 0 Å². The van der Waals surface area contributed by atoms with Crippen LogP contribution in [0.15, 0.2) is 0 Å². The molecule has 1 atom stereocenters. The largest absolute Gasteiger partial charge is 0.356 e. The third-order valence-corrected chi connectivity index (χ3v) is 2.15. The van der Waals surface area contributed by atoms with Crippen LogP contribution in [0.5, 0.6) is 0 Å². The Balaban J connectivity index is 2.08. The molecule has 1 unspecified atom stereocenters. The first kappa shape index (κ1) is 11.5. The van der Waals surface area contributed by atoms with Crippen molar-refractivity contribution in [1.82, 2.24) is 16.0 Å². The molecule has 1 rings (SSSR count). The summed E-state index contributed by atoms with van der Waals surface area (Å²) in [4.78, 5) is 32.4. The fourth-order valence-corrected chi connectivity index (χ4v) is 1.40. The van der Waals surface area contributed by atoms with E-state index in [-0.39, 0.29) is 11.8 Å². The zero-order valence-corrected chi connectivity index (χ0v) is 8.63. The van der Waals surface area contributed by atoms with E-state index in [1.807, 2.05) is 0 Å². The number of nitrogens with one attached hydrogen (secondary N) is 3. The number of unbranched alkanes of at least 4 members (excludes halogenated alkanes) is 1. The monoisotopic (exact) mass is 213 g/mol. The standard InChI is InChI=1S/C9H15N3O3/c1-6(13)10-5-3-2-4-7-8(14)12-9(15)11-7/h7H,2-5H2,1H3,(H,10,13)(H2,11,12,14,15). The van der Waals surface area contributed by atoms with Crippen LogP contribution in [0.1, 0.15) is 26.2 Å². The number of rotatable bonds is 5. The minimum Gasteiger partial charge on any atom is -0.356 e. The Morgan fingerprint density at radius 3 is 2.67 bits per heavy atom. The number of amides is 4. The number of hydrogen-bond acceptors (Lipinski definition) is 3. The average molecular weight is 213 g/mol. The molecule has 84 valence electrons. The topological polar surface area (TPSA) is 87.3 Å². The smallest absolute Gasteiger partial charge is 0.322 e. The zero-order valence-electron chi connectivity index (χ0n) is 8.63. The molecular weight excluding hydrogens is 198 g/mol. The van der Waals surface area contributed by atoms with Gasteiger partial charge in [-0.1, -0.05) is 0 Å². The third-order valence-electron chi connectivity index (χ3n) is 2.15. The second-order valence-electron chi connectivity index (χ2n) is 3.49. The number of carbonyl (C=O) groups excluding carboxylic acids is 3. The maximum atomic E-state index is 11.1. The lowest BCUT2D eigenvalue weighted by atomic mass is 10.1. The number of hydrogen-bond donors (Lipinski definition) is 3. The molecule has 0 saturated carbocycles. The van der Waals surface area contributed by atoms with Crippen LogP contribution in [0.25, 0.3) is 0 Å². The summed E-state index contributed by atoms with van der Waals surface area (Å²) in [6.45, 7) is 2.07. The molecule has 1 aliphatic heterocycles. The van der Waals surface area contributed by atoms with Gasteiger partial charge >= 0.3 is 6.03 Å². The summed E-state index contributed by atoms with van der Waals surface area (Å²) >= 11 is 0. The van der Waals surface area contributed by atoms with Crippen molar-refractivity contribution in [3.8, 4) is 0 Å². The highest BCUT2D eigenvalue weighted by Gasteiger charge is 2.28. The predicted molar refractivity (Wildman–Crippen MR) is 53.0 cm³/mol. The van der Waals surface area contributed by atoms with Crippen molar-refractivity contribution >= 4 is 17.8 Å². The van der Waals surface area contributed by atoms with Gasteiger partial charge in [0.15, 0.2) is 0 Å². The normalized spacial score (nSPS) is 19.7. The summed E-state index contributed by atoms with van der Waals surface area (Å²) in [5.74, 6) is -0.318. The van der Waals surface area contributed by atoms with Crippen molar-refractivity contribution in [2.75, 3.05) is 6.54 Å². The molecule has 6 nitrogen and oxygen atoms in total. The van der Waals surface area contributed by atoms with Gasteiger partial charge < -0.3 is 10.6 Å². The zero-order chi connectivity index (χ0) is 11.3. The molecule has 1 saturated heterocycles. The van der Waals surface area contributed by atoms with E-state index < -0.39 is 12.1 Å². The van der Waals surface area contributed by atoms with Crippen molar-refractivity contribution in [1.29, 1.82) is 0 Å². The van der Waals surface area contributed by atoms with Gasteiger partial charge in [0.25, 0.3) is 5.91 Å². The van der Waals surface area contributed by atoms with E-state index in [0.29, 0.717) is 13.0 Å². The lowest BCUT2D eigenvalue weighted by molar-refractivity contribution is -0.120. The van der Waals surface area contributed by atoms with Gasteiger partial charge in [0.05, 0.1) is 0 Å². The Labute approximate surface area is 87.8 Å². The molecule has 6 heteroatoms. The van der Waals surface area contributed by atoms with Crippen LogP contribution in [-0.4, -0.2) is 30.4 Å². The molecule has 15 heavy (non-hydrogen) atoms. The average Bonchev–Trinajstić information content (AvgIpc) is 2.44. The minimum absolute atomic E-state index is 0.0538. The van der Waals surface area contributed by atoms with Crippen molar-refractivity contribution < 1.29 is 14.4 Å². The highest BCUT2D eigenvalue weighted by atomic mass is 16.2. The first-order chi connectivity index (χ1) is 7.09. The molecule has 1 fully saturated rings. The van der Waals surface area contributed by atoms with E-state index in [0.717, 1.165) is 12.8 Å². The molecule has 4 amide bonds. The van der Waals surface area contributed by atoms with Crippen LogP contribution >= 0.6 is 0 Å². The second kappa shape index (κ2) is 5.33. The quantitative estimate of drug-likeness (QED) is 0.425. The molecule has 1 heterocycles. The van der Waals surface area contributed by atoms with Crippen LogP contribution in [0, 0.1) is 0 Å². The molecule has 0 radical (unpaired) electrons. The molecule has 0 bridgehead atoms. The van der Waals surface area contributed by atoms with Gasteiger partial charge in [-0.25, -0.2) is 4.79 Å². The summed E-state index contributed by atoms with van der Waals surface area (Å²) in [6, 6.07) is -0.832. The van der Waals surface area contributed by atoms with E-state index in [4.69, 9.17) is 0 Å². The Morgan fingerprint density at radius 1 is 1.40 bits per heavy atom. The highest BCUT2D eigenvalue weighted by Crippen LogP contribution is 2.04. The Hall–Kier alpha value is -1.59. The van der Waals surface area contributed by atoms with Gasteiger partial charge in [0.1, 0.15) is 6.04 Å². The molecule has 3 N–H and O–H groups in total. The minimum atomic E-state index is -0.424. The molecule has 0 aromatic rings. The fourth-order valence-electron chi connectivity index (χ4n) is 1.40. The summed E-state index contributed by atoms with van der Waals surface area (Å²) in [6.07, 6.45) is 2.20. The molecule has 0 aliphatic carbocycles. The van der Waals surface area contributed by atoms with Gasteiger partial charge in [0, 0.05) is 13.5 Å². The first-order valence-corrected chi connectivity index (χ1v) is 4.95. The number of urea groups is 1. The first-order valence-electron chi connectivity index (χ1n) is 4.95. The predicted octanol–water partition coefficient (Wildman–Crippen LogP) is -0.499. The fraction of sp³-hybridized carbons (Fsp3) is 0.667. The summed E-state index contributed by atoms with van der Waals surface area (Å²) in [7, 11) is 0. The maximum Gasteiger partial charge on any atom is 0.322 e. The molecule has 0 aromatic heterocycles. The van der Waals surface area contributed by atoms with Crippen LogP contribution in [0.4, 0.5) is 4.79 Å². The van der Waals surface area contributed by atoms with Crippen LogP contribution in [-0.2, 0) is 9.59 Å². The SMILES string of the molecule is CC(=O)NCCCCC1NC(=O)NC1=O. The maximum absolute atomic E-state index is 11.1. The summed E-state index contributed by atoms with van der Waals surface area (Å²) in [5, 5.41) is 7.35. The van der Waals surface area contributed by atoms with Crippen LogP contribution in [0.2, 0.25) is 0 Å². The highest BCUT2D eigenvalue weighted by molar-refractivity contribution is 6.04. The number of carbonyl (C=O) groups is 3. The van der Waals surface area contributed by atoms with Crippen molar-refractivity contribution in [3.05, 3.63) is 0 Å². The summed E-state index contributed by atoms with van der Waals surface area (Å²) < 4.78 is 0. The molecular formula is C9H15N3O3. The number of imide groups is 1. The van der Waals surface area contributed by atoms with Gasteiger partial charge in [-0.05, 0) is 19.3 Å². The lowest BCUT2D eigenvalue weighted by Gasteiger charge is -2.06. The van der Waals surface area contributed by atoms with Gasteiger partial charge in [-0.2, -0.15) is 0 Å². The van der Waals surface area contributed by atoms with Gasteiger partial charge in [-0.15, -0.1) is 0 Å². The third kappa shape index (κ3) is 3.97. The van der Waals surface area contributed by atoms with E-state index in [1.54, 1.807) is 0 Å². The molecule has 0 spiro atoms. The van der Waals surface area contributed by atoms with Gasteiger partial charge in [-0.3, -0.25) is 14.9 Å². The molecule has 1 aliphatic rings. The Bertz CT molecular complexity index is 278. The van der Waals surface area contributed by atoms with E-state index in [9.17, 15) is 14.4 Å². The van der Waals surface area contributed by atoms with E-state index in [2.05, 4.69) is 16.0 Å². The van der Waals surface area contributed by atoms with Crippen LogP contribution < -0.4 is 16.0 Å². The van der Waals surface area contributed by atoms with Crippen molar-refractivity contribution in [2.45, 2.75) is 32.2 Å².